The van der Waals surface area contributed by atoms with Crippen LogP contribution >= 0.6 is 0 Å². The van der Waals surface area contributed by atoms with E-state index in [9.17, 15) is 9.59 Å². The average Bonchev–Trinajstić information content (AvgIpc) is 2.64. The van der Waals surface area contributed by atoms with Gasteiger partial charge in [0.2, 0.25) is 0 Å². The predicted molar refractivity (Wildman–Crippen MR) is 106 cm³/mol. The minimum absolute atomic E-state index is 0.286. The topological polar surface area (TPSA) is 64.6 Å². The molecular formula is C22H27NO4. The Bertz CT molecular complexity index is 801. The molecule has 0 bridgehead atoms. The van der Waals surface area contributed by atoms with E-state index in [1.54, 1.807) is 31.2 Å². The number of hydrogen-bond donors (Lipinski definition) is 1. The highest BCUT2D eigenvalue weighted by Gasteiger charge is 2.17. The molecule has 0 aliphatic carbocycles. The number of rotatable bonds is 8. The van der Waals surface area contributed by atoms with Crippen molar-refractivity contribution in [3.8, 4) is 5.75 Å². The molecule has 0 spiro atoms. The predicted octanol–water partition coefficient (Wildman–Crippen LogP) is 4.67. The standard InChI is InChI=1S/C22H27NO4/c1-5-6-12-26-22(25)18-8-7-9-19(14-18)23-21(24)17(4)27-20-11-10-15(2)13-16(20)3/h7-11,13-14,17H,5-6,12H2,1-4H3,(H,23,24). The molecule has 0 aliphatic heterocycles. The fourth-order valence-electron chi connectivity index (χ4n) is 2.54. The molecule has 0 heterocycles. The maximum absolute atomic E-state index is 12.4. The lowest BCUT2D eigenvalue weighted by atomic mass is 10.1. The summed E-state index contributed by atoms with van der Waals surface area (Å²) >= 11 is 0. The van der Waals surface area contributed by atoms with E-state index < -0.39 is 6.10 Å². The second-order valence-corrected chi connectivity index (χ2v) is 6.59. The average molecular weight is 369 g/mol. The van der Waals surface area contributed by atoms with Crippen molar-refractivity contribution in [1.29, 1.82) is 0 Å². The van der Waals surface area contributed by atoms with Crippen molar-refractivity contribution >= 4 is 17.6 Å². The lowest BCUT2D eigenvalue weighted by Crippen LogP contribution is -2.30. The minimum Gasteiger partial charge on any atom is -0.481 e. The first-order valence-electron chi connectivity index (χ1n) is 9.22. The Morgan fingerprint density at radius 2 is 1.89 bits per heavy atom. The third-order valence-corrected chi connectivity index (χ3v) is 4.10. The number of hydrogen-bond acceptors (Lipinski definition) is 4. The van der Waals surface area contributed by atoms with E-state index >= 15 is 0 Å². The molecule has 2 aromatic rings. The lowest BCUT2D eigenvalue weighted by molar-refractivity contribution is -0.122. The number of carbonyl (C=O) groups is 2. The normalized spacial score (nSPS) is 11.6. The number of anilines is 1. The van der Waals surface area contributed by atoms with Crippen LogP contribution in [-0.4, -0.2) is 24.6 Å². The first-order chi connectivity index (χ1) is 12.9. The van der Waals surface area contributed by atoms with Crippen LogP contribution in [0.5, 0.6) is 5.75 Å². The second-order valence-electron chi connectivity index (χ2n) is 6.59. The summed E-state index contributed by atoms with van der Waals surface area (Å²) in [6.45, 7) is 8.07. The highest BCUT2D eigenvalue weighted by molar-refractivity contribution is 5.96. The number of unbranched alkanes of at least 4 members (excludes halogenated alkanes) is 1. The molecule has 27 heavy (non-hydrogen) atoms. The second kappa shape index (κ2) is 9.76. The highest BCUT2D eigenvalue weighted by atomic mass is 16.5. The number of nitrogens with one attached hydrogen (secondary N) is 1. The van der Waals surface area contributed by atoms with Crippen molar-refractivity contribution in [1.82, 2.24) is 0 Å². The smallest absolute Gasteiger partial charge is 0.338 e. The van der Waals surface area contributed by atoms with Crippen molar-refractivity contribution in [2.24, 2.45) is 0 Å². The first-order valence-corrected chi connectivity index (χ1v) is 9.22. The summed E-state index contributed by atoms with van der Waals surface area (Å²) in [6.07, 6.45) is 1.11. The fourth-order valence-corrected chi connectivity index (χ4v) is 2.54. The molecular weight excluding hydrogens is 342 g/mol. The molecule has 1 unspecified atom stereocenters. The van der Waals surface area contributed by atoms with E-state index in [-0.39, 0.29) is 11.9 Å². The molecule has 1 atom stereocenters. The van der Waals surface area contributed by atoms with Crippen LogP contribution in [0.4, 0.5) is 5.69 Å². The molecule has 144 valence electrons. The van der Waals surface area contributed by atoms with Gasteiger partial charge in [-0.25, -0.2) is 4.79 Å². The van der Waals surface area contributed by atoms with Crippen molar-refractivity contribution in [2.75, 3.05) is 11.9 Å². The van der Waals surface area contributed by atoms with E-state index in [2.05, 4.69) is 5.32 Å². The summed E-state index contributed by atoms with van der Waals surface area (Å²) < 4.78 is 11.0. The summed E-state index contributed by atoms with van der Waals surface area (Å²) in [6, 6.07) is 12.5. The van der Waals surface area contributed by atoms with Gasteiger partial charge in [-0.1, -0.05) is 37.1 Å². The molecule has 0 aliphatic rings. The molecule has 5 nitrogen and oxygen atoms in total. The van der Waals surface area contributed by atoms with Crippen molar-refractivity contribution < 1.29 is 19.1 Å². The number of benzene rings is 2. The van der Waals surface area contributed by atoms with Gasteiger partial charge in [-0.15, -0.1) is 0 Å². The third-order valence-electron chi connectivity index (χ3n) is 4.10. The summed E-state index contributed by atoms with van der Waals surface area (Å²) in [5.41, 5.74) is 3.05. The Labute approximate surface area is 160 Å². The van der Waals surface area contributed by atoms with Gasteiger partial charge in [0.1, 0.15) is 5.75 Å². The SMILES string of the molecule is CCCCOC(=O)c1cccc(NC(=O)C(C)Oc2ccc(C)cc2C)c1. The van der Waals surface area contributed by atoms with E-state index in [0.717, 1.165) is 24.0 Å². The van der Waals surface area contributed by atoms with Crippen LogP contribution in [0.15, 0.2) is 42.5 Å². The van der Waals surface area contributed by atoms with Gasteiger partial charge < -0.3 is 14.8 Å². The summed E-state index contributed by atoms with van der Waals surface area (Å²) in [4.78, 5) is 24.5. The van der Waals surface area contributed by atoms with Gasteiger partial charge in [0.15, 0.2) is 6.10 Å². The molecule has 1 amide bonds. The molecule has 0 fully saturated rings. The quantitative estimate of drug-likeness (QED) is 0.543. The maximum Gasteiger partial charge on any atom is 0.338 e. The van der Waals surface area contributed by atoms with Crippen molar-refractivity contribution in [3.63, 3.8) is 0 Å². The summed E-state index contributed by atoms with van der Waals surface area (Å²) in [5, 5.41) is 2.78. The molecule has 0 aromatic heterocycles. The summed E-state index contributed by atoms with van der Waals surface area (Å²) in [5.74, 6) is 0.00195. The zero-order valence-electron chi connectivity index (χ0n) is 16.4. The number of carbonyl (C=O) groups excluding carboxylic acids is 2. The van der Waals surface area contributed by atoms with Crippen molar-refractivity contribution in [3.05, 3.63) is 59.2 Å². The van der Waals surface area contributed by atoms with Gasteiger partial charge in [-0.05, 0) is 57.0 Å². The Hall–Kier alpha value is -2.82. The van der Waals surface area contributed by atoms with Gasteiger partial charge in [0, 0.05) is 5.69 Å². The minimum atomic E-state index is -0.674. The lowest BCUT2D eigenvalue weighted by Gasteiger charge is -2.17. The highest BCUT2D eigenvalue weighted by Crippen LogP contribution is 2.20. The molecule has 0 saturated carbocycles. The molecule has 5 heteroatoms. The summed E-state index contributed by atoms with van der Waals surface area (Å²) in [7, 11) is 0. The van der Waals surface area contributed by atoms with E-state index in [1.807, 2.05) is 39.0 Å². The number of ether oxygens (including phenoxy) is 2. The van der Waals surface area contributed by atoms with E-state index in [0.29, 0.717) is 23.6 Å². The van der Waals surface area contributed by atoms with Crippen molar-refractivity contribution in [2.45, 2.75) is 46.6 Å². The molecule has 0 radical (unpaired) electrons. The van der Waals surface area contributed by atoms with Crippen LogP contribution in [0.25, 0.3) is 0 Å². The largest absolute Gasteiger partial charge is 0.481 e. The van der Waals surface area contributed by atoms with E-state index in [1.165, 1.54) is 0 Å². The van der Waals surface area contributed by atoms with Crippen LogP contribution in [0, 0.1) is 13.8 Å². The maximum atomic E-state index is 12.4. The molecule has 0 saturated heterocycles. The van der Waals surface area contributed by atoms with Gasteiger partial charge in [-0.3, -0.25) is 4.79 Å². The Balaban J connectivity index is 1.98. The van der Waals surface area contributed by atoms with Crippen LogP contribution in [-0.2, 0) is 9.53 Å². The van der Waals surface area contributed by atoms with Crippen LogP contribution < -0.4 is 10.1 Å². The van der Waals surface area contributed by atoms with Gasteiger partial charge in [-0.2, -0.15) is 0 Å². The number of aryl methyl sites for hydroxylation is 2. The van der Waals surface area contributed by atoms with Crippen LogP contribution in [0.3, 0.4) is 0 Å². The van der Waals surface area contributed by atoms with E-state index in [4.69, 9.17) is 9.47 Å². The first kappa shape index (κ1) is 20.5. The Morgan fingerprint density at radius 3 is 2.59 bits per heavy atom. The van der Waals surface area contributed by atoms with Gasteiger partial charge >= 0.3 is 5.97 Å². The molecule has 2 rings (SSSR count). The molecule has 1 N–H and O–H groups in total. The van der Waals surface area contributed by atoms with Crippen LogP contribution in [0.2, 0.25) is 0 Å². The van der Waals surface area contributed by atoms with Crippen LogP contribution in [0.1, 0.15) is 48.2 Å². The third kappa shape index (κ3) is 6.13. The zero-order chi connectivity index (χ0) is 19.8. The number of esters is 1. The van der Waals surface area contributed by atoms with Gasteiger partial charge in [0.25, 0.3) is 5.91 Å². The Kier molecular flexibility index (Phi) is 7.41. The fraction of sp³-hybridized carbons (Fsp3) is 0.364. The zero-order valence-corrected chi connectivity index (χ0v) is 16.4. The van der Waals surface area contributed by atoms with Gasteiger partial charge in [0.05, 0.1) is 12.2 Å². The number of amides is 1. The Morgan fingerprint density at radius 1 is 1.11 bits per heavy atom. The monoisotopic (exact) mass is 369 g/mol. The molecule has 2 aromatic carbocycles.